The van der Waals surface area contributed by atoms with Crippen molar-refractivity contribution in [1.29, 1.82) is 0 Å². The van der Waals surface area contributed by atoms with E-state index in [1.54, 1.807) is 12.1 Å². The zero-order chi connectivity index (χ0) is 22.7. The van der Waals surface area contributed by atoms with Gasteiger partial charge in [0.05, 0.1) is 23.2 Å². The van der Waals surface area contributed by atoms with Gasteiger partial charge in [0.1, 0.15) is 5.82 Å². The summed E-state index contributed by atoms with van der Waals surface area (Å²) in [6.45, 7) is 5.66. The van der Waals surface area contributed by atoms with Crippen LogP contribution >= 0.6 is 0 Å². The first-order valence-corrected chi connectivity index (χ1v) is 13.3. The lowest BCUT2D eigenvalue weighted by Crippen LogP contribution is -2.55. The second-order valence-electron chi connectivity index (χ2n) is 9.68. The Hall–Kier alpha value is -1.35. The van der Waals surface area contributed by atoms with Crippen molar-refractivity contribution in [2.24, 2.45) is 5.92 Å². The highest BCUT2D eigenvalue weighted by atomic mass is 32.2. The molecule has 6 nitrogen and oxygen atoms in total. The minimum Gasteiger partial charge on any atom is -0.376 e. The van der Waals surface area contributed by atoms with Crippen LogP contribution in [0.1, 0.15) is 57.9 Å². The van der Waals surface area contributed by atoms with Crippen molar-refractivity contribution < 1.29 is 18.1 Å². The zero-order valence-corrected chi connectivity index (χ0v) is 20.0. The predicted octanol–water partition coefficient (Wildman–Crippen LogP) is 3.39. The number of carbonyl (C=O) groups is 1. The number of benzene rings is 1. The topological polar surface area (TPSA) is 70.7 Å². The van der Waals surface area contributed by atoms with E-state index in [9.17, 15) is 13.4 Å². The molecular weight excluding hydrogens is 429 g/mol. The first-order chi connectivity index (χ1) is 15.4. The van der Waals surface area contributed by atoms with Crippen LogP contribution in [0.4, 0.5) is 10.1 Å². The largest absolute Gasteiger partial charge is 0.376 e. The van der Waals surface area contributed by atoms with Crippen molar-refractivity contribution in [2.45, 2.75) is 83.1 Å². The van der Waals surface area contributed by atoms with Gasteiger partial charge >= 0.3 is 0 Å². The minimum atomic E-state index is -0.963. The third-order valence-electron chi connectivity index (χ3n) is 6.97. The molecule has 6 atom stereocenters. The number of amides is 1. The number of nitrogens with zero attached hydrogens (tertiary/aromatic N) is 1. The molecule has 8 heteroatoms. The second-order valence-corrected chi connectivity index (χ2v) is 11.2. The fraction of sp³-hybridized carbons (Fsp3) is 0.708. The molecule has 2 N–H and O–H groups in total. The minimum absolute atomic E-state index is 0.0704. The molecule has 3 fully saturated rings. The fourth-order valence-corrected chi connectivity index (χ4v) is 7.02. The smallest absolute Gasteiger partial charge is 0.224 e. The lowest BCUT2D eigenvalue weighted by molar-refractivity contribution is -0.119. The number of hydrogen-bond acceptors (Lipinski definition) is 4. The molecule has 4 rings (SSSR count). The Bertz CT molecular complexity index is 829. The van der Waals surface area contributed by atoms with E-state index in [1.807, 2.05) is 13.8 Å². The molecule has 32 heavy (non-hydrogen) atoms. The van der Waals surface area contributed by atoms with Crippen LogP contribution in [0, 0.1) is 11.7 Å². The van der Waals surface area contributed by atoms with Crippen molar-refractivity contribution >= 4 is 22.6 Å². The average Bonchev–Trinajstić information content (AvgIpc) is 2.87. The van der Waals surface area contributed by atoms with E-state index in [0.717, 1.165) is 38.8 Å². The molecule has 1 amide bonds. The van der Waals surface area contributed by atoms with E-state index in [2.05, 4.69) is 14.9 Å². The van der Waals surface area contributed by atoms with Gasteiger partial charge in [0, 0.05) is 48.6 Å². The number of fused-ring (bicyclic) bond motifs is 2. The van der Waals surface area contributed by atoms with E-state index >= 15 is 0 Å². The van der Waals surface area contributed by atoms with Gasteiger partial charge in [-0.2, -0.15) is 0 Å². The number of carbonyl (C=O) groups excluding carboxylic acids is 1. The summed E-state index contributed by atoms with van der Waals surface area (Å²) in [7, 11) is -0.963. The number of piperazine rings is 1. The predicted molar refractivity (Wildman–Crippen MR) is 125 cm³/mol. The molecule has 0 radical (unpaired) electrons. The molecule has 5 unspecified atom stereocenters. The molecule has 1 aromatic rings. The van der Waals surface area contributed by atoms with Gasteiger partial charge in [-0.05, 0) is 70.4 Å². The molecular formula is C24H36FN3O3S. The second kappa shape index (κ2) is 10.7. The highest BCUT2D eigenvalue weighted by Crippen LogP contribution is 2.29. The Kier molecular flexibility index (Phi) is 7.97. The molecule has 3 saturated heterocycles. The van der Waals surface area contributed by atoms with Gasteiger partial charge in [-0.15, -0.1) is 0 Å². The molecule has 3 heterocycles. The van der Waals surface area contributed by atoms with E-state index in [0.29, 0.717) is 42.3 Å². The van der Waals surface area contributed by atoms with E-state index in [1.165, 1.54) is 6.07 Å². The molecule has 178 valence electrons. The lowest BCUT2D eigenvalue weighted by atomic mass is 9.89. The molecule has 0 spiro atoms. The Morgan fingerprint density at radius 1 is 1.31 bits per heavy atom. The van der Waals surface area contributed by atoms with E-state index in [-0.39, 0.29) is 35.9 Å². The zero-order valence-electron chi connectivity index (χ0n) is 19.1. The molecule has 2 bridgehead atoms. The number of hydrogen-bond donors (Lipinski definition) is 2. The van der Waals surface area contributed by atoms with E-state index in [4.69, 9.17) is 4.74 Å². The maximum absolute atomic E-state index is 14.8. The number of halogens is 1. The van der Waals surface area contributed by atoms with Crippen molar-refractivity contribution in [2.75, 3.05) is 24.2 Å². The van der Waals surface area contributed by atoms with Gasteiger partial charge in [-0.25, -0.2) is 12.9 Å². The highest BCUT2D eigenvalue weighted by molar-refractivity contribution is 7.82. The summed E-state index contributed by atoms with van der Waals surface area (Å²) >= 11 is 0. The average molecular weight is 466 g/mol. The van der Waals surface area contributed by atoms with E-state index < -0.39 is 11.0 Å². The van der Waals surface area contributed by atoms with Crippen molar-refractivity contribution in [3.05, 3.63) is 29.6 Å². The monoisotopic (exact) mass is 465 g/mol. The molecule has 0 aliphatic carbocycles. The standard InChI is InChI=1S/C24H36FN3O3S/c1-16-11-18(12-17(2)31-16)13-24(29)27-23-7-3-6-22(25)21(23)9-8-20-14-26-19-5-4-10-32(30)28(20)15-19/h3,6-7,16-20,26H,4-5,8-15H2,1-2H3,(H,27,29)/t16?,17?,18?,19-,20?,32?/m1/s1. The molecule has 0 aromatic heterocycles. The summed E-state index contributed by atoms with van der Waals surface area (Å²) in [6, 6.07) is 5.38. The van der Waals surface area contributed by atoms with Gasteiger partial charge in [-0.3, -0.25) is 4.79 Å². The summed E-state index contributed by atoms with van der Waals surface area (Å²) in [6.07, 6.45) is 5.72. The van der Waals surface area contributed by atoms with Crippen LogP contribution < -0.4 is 10.6 Å². The van der Waals surface area contributed by atoms with Crippen LogP contribution in [-0.2, 0) is 26.9 Å². The van der Waals surface area contributed by atoms with Crippen LogP contribution in [0.3, 0.4) is 0 Å². The highest BCUT2D eigenvalue weighted by Gasteiger charge is 2.33. The lowest BCUT2D eigenvalue weighted by Gasteiger charge is -2.37. The maximum Gasteiger partial charge on any atom is 0.224 e. The Balaban J connectivity index is 1.38. The Morgan fingerprint density at radius 3 is 2.88 bits per heavy atom. The molecule has 1 aromatic carbocycles. The van der Waals surface area contributed by atoms with Gasteiger partial charge in [0.25, 0.3) is 0 Å². The summed E-state index contributed by atoms with van der Waals surface area (Å²) < 4.78 is 35.3. The number of nitrogens with one attached hydrogen (secondary N) is 2. The van der Waals surface area contributed by atoms with Crippen LogP contribution in [0.15, 0.2) is 18.2 Å². The van der Waals surface area contributed by atoms with Gasteiger partial charge < -0.3 is 15.4 Å². The molecule has 0 saturated carbocycles. The molecule has 3 aliphatic heterocycles. The first-order valence-electron chi connectivity index (χ1n) is 12.0. The first kappa shape index (κ1) is 23.8. The van der Waals surface area contributed by atoms with Crippen LogP contribution in [-0.4, -0.2) is 57.6 Å². The summed E-state index contributed by atoms with van der Waals surface area (Å²) in [5.41, 5.74) is 1.10. The van der Waals surface area contributed by atoms with Crippen LogP contribution in [0.25, 0.3) is 0 Å². The van der Waals surface area contributed by atoms with Gasteiger partial charge in [0.2, 0.25) is 5.91 Å². The third-order valence-corrected chi connectivity index (χ3v) is 8.58. The Labute approximate surface area is 193 Å². The van der Waals surface area contributed by atoms with Gasteiger partial charge in [-0.1, -0.05) is 6.07 Å². The van der Waals surface area contributed by atoms with Gasteiger partial charge in [0.15, 0.2) is 0 Å². The summed E-state index contributed by atoms with van der Waals surface area (Å²) in [5.74, 6) is 0.623. The summed E-state index contributed by atoms with van der Waals surface area (Å²) in [4.78, 5) is 12.8. The molecule has 3 aliphatic rings. The quantitative estimate of drug-likeness (QED) is 0.676. The van der Waals surface area contributed by atoms with Crippen molar-refractivity contribution in [3.8, 4) is 0 Å². The Morgan fingerprint density at radius 2 is 2.09 bits per heavy atom. The normalized spacial score (nSPS) is 35.2. The van der Waals surface area contributed by atoms with Crippen LogP contribution in [0.2, 0.25) is 0 Å². The summed E-state index contributed by atoms with van der Waals surface area (Å²) in [5, 5.41) is 6.53. The van der Waals surface area contributed by atoms with Crippen LogP contribution in [0.5, 0.6) is 0 Å². The maximum atomic E-state index is 14.8. The number of anilines is 1. The fourth-order valence-electron chi connectivity index (χ4n) is 5.51. The van der Waals surface area contributed by atoms with Crippen molar-refractivity contribution in [3.63, 3.8) is 0 Å². The number of rotatable bonds is 6. The third kappa shape index (κ3) is 5.95. The number of ether oxygens (including phenoxy) is 1. The van der Waals surface area contributed by atoms with Crippen molar-refractivity contribution in [1.82, 2.24) is 9.62 Å². The SMILES string of the molecule is CC1CC(CC(=O)Nc2cccc(F)c2CCC2CN[C@@H]3CCCS(=O)N2C3)CC(C)O1.